The van der Waals surface area contributed by atoms with Crippen molar-refractivity contribution in [2.24, 2.45) is 0 Å². The zero-order valence-electron chi connectivity index (χ0n) is 13.4. The van der Waals surface area contributed by atoms with Crippen molar-refractivity contribution >= 4 is 11.6 Å². The maximum Gasteiger partial charge on any atom is 0.245 e. The minimum atomic E-state index is 0.0286. The number of hydrogen-bond donors (Lipinski definition) is 1. The number of carbonyl (C=O) groups excluding carboxylic acids is 1. The smallest absolute Gasteiger partial charge is 0.245 e. The van der Waals surface area contributed by atoms with E-state index < -0.39 is 0 Å². The summed E-state index contributed by atoms with van der Waals surface area (Å²) in [6.07, 6.45) is 3.54. The zero-order valence-corrected chi connectivity index (χ0v) is 13.4. The second-order valence-corrected chi connectivity index (χ2v) is 6.92. The quantitative estimate of drug-likeness (QED) is 0.668. The number of likely N-dealkylation sites (tertiary alicyclic amines) is 1. The Morgan fingerprint density at radius 3 is 2.76 bits per heavy atom. The summed E-state index contributed by atoms with van der Waals surface area (Å²) < 4.78 is 0. The second kappa shape index (κ2) is 5.92. The normalized spacial score (nSPS) is 19.4. The number of nitrogens with two attached hydrogens (primary N) is 1. The Balaban J connectivity index is 2.34. The van der Waals surface area contributed by atoms with E-state index in [-0.39, 0.29) is 11.3 Å². The van der Waals surface area contributed by atoms with Crippen LogP contribution in [0.5, 0.6) is 0 Å². The molecule has 1 fully saturated rings. The van der Waals surface area contributed by atoms with E-state index >= 15 is 0 Å². The Hall–Kier alpha value is -1.77. The van der Waals surface area contributed by atoms with E-state index in [1.807, 2.05) is 11.0 Å². The third-order valence-corrected chi connectivity index (χ3v) is 4.23. The molecule has 0 radical (unpaired) electrons. The molecule has 3 heteroatoms. The lowest BCUT2D eigenvalue weighted by Crippen LogP contribution is -2.38. The SMILES string of the molecule is C=CC(=O)N1CCCC(c2cc(N)ccc2C(C)(C)C)C1. The summed E-state index contributed by atoms with van der Waals surface area (Å²) in [4.78, 5) is 13.8. The molecule has 1 unspecified atom stereocenters. The molecule has 1 aliphatic heterocycles. The summed E-state index contributed by atoms with van der Waals surface area (Å²) in [5.74, 6) is 0.390. The molecule has 1 saturated heterocycles. The van der Waals surface area contributed by atoms with Crippen LogP contribution in [0.25, 0.3) is 0 Å². The average Bonchev–Trinajstić information content (AvgIpc) is 2.45. The molecular weight excluding hydrogens is 260 g/mol. The molecule has 1 heterocycles. The number of piperidine rings is 1. The van der Waals surface area contributed by atoms with Crippen LogP contribution < -0.4 is 5.73 Å². The van der Waals surface area contributed by atoms with Crippen molar-refractivity contribution in [2.75, 3.05) is 18.8 Å². The van der Waals surface area contributed by atoms with E-state index in [4.69, 9.17) is 5.73 Å². The Labute approximate surface area is 127 Å². The minimum absolute atomic E-state index is 0.0286. The van der Waals surface area contributed by atoms with E-state index in [1.54, 1.807) is 0 Å². The first kappa shape index (κ1) is 15.6. The van der Waals surface area contributed by atoms with Gasteiger partial charge in [0.1, 0.15) is 0 Å². The van der Waals surface area contributed by atoms with Crippen LogP contribution in [0.1, 0.15) is 50.7 Å². The molecule has 21 heavy (non-hydrogen) atoms. The van der Waals surface area contributed by atoms with Gasteiger partial charge >= 0.3 is 0 Å². The highest BCUT2D eigenvalue weighted by molar-refractivity contribution is 5.87. The van der Waals surface area contributed by atoms with Crippen molar-refractivity contribution in [1.29, 1.82) is 0 Å². The van der Waals surface area contributed by atoms with Crippen molar-refractivity contribution in [2.45, 2.75) is 44.9 Å². The predicted molar refractivity (Wildman–Crippen MR) is 88.3 cm³/mol. The molecular formula is C18H26N2O. The van der Waals surface area contributed by atoms with E-state index in [9.17, 15) is 4.79 Å². The van der Waals surface area contributed by atoms with Crippen molar-refractivity contribution in [3.63, 3.8) is 0 Å². The van der Waals surface area contributed by atoms with Crippen LogP contribution in [0, 0.1) is 0 Å². The molecule has 2 rings (SSSR count). The Kier molecular flexibility index (Phi) is 4.40. The first-order valence-corrected chi connectivity index (χ1v) is 7.64. The molecule has 0 spiro atoms. The summed E-state index contributed by atoms with van der Waals surface area (Å²) in [5.41, 5.74) is 9.50. The molecule has 1 atom stereocenters. The van der Waals surface area contributed by atoms with E-state index in [0.717, 1.165) is 31.6 Å². The maximum atomic E-state index is 11.9. The van der Waals surface area contributed by atoms with Crippen LogP contribution >= 0.6 is 0 Å². The molecule has 3 nitrogen and oxygen atoms in total. The van der Waals surface area contributed by atoms with E-state index in [0.29, 0.717) is 5.92 Å². The number of rotatable bonds is 2. The van der Waals surface area contributed by atoms with Gasteiger partial charge in [-0.1, -0.05) is 33.4 Å². The number of carbonyl (C=O) groups is 1. The summed E-state index contributed by atoms with van der Waals surface area (Å²) in [6, 6.07) is 6.20. The molecule has 2 N–H and O–H groups in total. The lowest BCUT2D eigenvalue weighted by Gasteiger charge is -2.35. The zero-order chi connectivity index (χ0) is 15.6. The number of amides is 1. The van der Waals surface area contributed by atoms with Crippen molar-refractivity contribution < 1.29 is 4.79 Å². The topological polar surface area (TPSA) is 46.3 Å². The highest BCUT2D eigenvalue weighted by Crippen LogP contribution is 2.36. The predicted octanol–water partition coefficient (Wildman–Crippen LogP) is 3.46. The van der Waals surface area contributed by atoms with Gasteiger partial charge in [-0.05, 0) is 47.6 Å². The molecule has 114 valence electrons. The van der Waals surface area contributed by atoms with E-state index in [1.165, 1.54) is 17.2 Å². The van der Waals surface area contributed by atoms with Gasteiger partial charge in [0.15, 0.2) is 0 Å². The third-order valence-electron chi connectivity index (χ3n) is 4.23. The first-order valence-electron chi connectivity index (χ1n) is 7.64. The van der Waals surface area contributed by atoms with Crippen molar-refractivity contribution in [1.82, 2.24) is 4.90 Å². The third kappa shape index (κ3) is 3.46. The molecule has 1 aliphatic rings. The second-order valence-electron chi connectivity index (χ2n) is 6.92. The lowest BCUT2D eigenvalue weighted by atomic mass is 9.77. The number of nitrogen functional groups attached to an aromatic ring is 1. The van der Waals surface area contributed by atoms with Crippen molar-refractivity contribution in [3.05, 3.63) is 42.0 Å². The number of hydrogen-bond acceptors (Lipinski definition) is 2. The molecule has 1 aromatic rings. The van der Waals surface area contributed by atoms with Gasteiger partial charge in [-0.15, -0.1) is 0 Å². The molecule has 0 saturated carbocycles. The van der Waals surface area contributed by atoms with Gasteiger partial charge < -0.3 is 10.6 Å². The molecule has 0 aliphatic carbocycles. The first-order chi connectivity index (χ1) is 9.82. The molecule has 0 bridgehead atoms. The monoisotopic (exact) mass is 286 g/mol. The molecule has 1 aromatic carbocycles. The van der Waals surface area contributed by atoms with Crippen LogP contribution in [-0.2, 0) is 10.2 Å². The standard InChI is InChI=1S/C18H26N2O/c1-5-17(21)20-10-6-7-13(12-20)15-11-14(19)8-9-16(15)18(2,3)4/h5,8-9,11,13H,1,6-7,10,12,19H2,2-4H3. The highest BCUT2D eigenvalue weighted by atomic mass is 16.2. The fraction of sp³-hybridized carbons (Fsp3) is 0.500. The minimum Gasteiger partial charge on any atom is -0.399 e. The lowest BCUT2D eigenvalue weighted by molar-refractivity contribution is -0.127. The summed E-state index contributed by atoms with van der Waals surface area (Å²) in [7, 11) is 0. The Morgan fingerprint density at radius 1 is 1.43 bits per heavy atom. The van der Waals surface area contributed by atoms with Gasteiger partial charge in [0.05, 0.1) is 0 Å². The molecule has 1 amide bonds. The van der Waals surface area contributed by atoms with Gasteiger partial charge in [-0.25, -0.2) is 0 Å². The maximum absolute atomic E-state index is 11.9. The number of anilines is 1. The van der Waals surface area contributed by atoms with Crippen LogP contribution in [0.4, 0.5) is 5.69 Å². The van der Waals surface area contributed by atoms with Gasteiger partial charge in [0.2, 0.25) is 5.91 Å². The number of benzene rings is 1. The van der Waals surface area contributed by atoms with Gasteiger partial charge in [-0.3, -0.25) is 4.79 Å². The van der Waals surface area contributed by atoms with Crippen LogP contribution in [-0.4, -0.2) is 23.9 Å². The summed E-state index contributed by atoms with van der Waals surface area (Å²) >= 11 is 0. The van der Waals surface area contributed by atoms with Gasteiger partial charge in [0, 0.05) is 24.7 Å². The van der Waals surface area contributed by atoms with Crippen LogP contribution in [0.15, 0.2) is 30.9 Å². The van der Waals surface area contributed by atoms with Crippen LogP contribution in [0.2, 0.25) is 0 Å². The fourth-order valence-electron chi connectivity index (χ4n) is 3.16. The average molecular weight is 286 g/mol. The van der Waals surface area contributed by atoms with Crippen molar-refractivity contribution in [3.8, 4) is 0 Å². The van der Waals surface area contributed by atoms with Gasteiger partial charge in [0.25, 0.3) is 0 Å². The van der Waals surface area contributed by atoms with Gasteiger partial charge in [-0.2, -0.15) is 0 Å². The summed E-state index contributed by atoms with van der Waals surface area (Å²) in [6.45, 7) is 11.8. The summed E-state index contributed by atoms with van der Waals surface area (Å²) in [5, 5.41) is 0. The van der Waals surface area contributed by atoms with Crippen LogP contribution in [0.3, 0.4) is 0 Å². The fourth-order valence-corrected chi connectivity index (χ4v) is 3.16. The Morgan fingerprint density at radius 2 is 2.14 bits per heavy atom. The Bertz CT molecular complexity index is 543. The highest BCUT2D eigenvalue weighted by Gasteiger charge is 2.28. The molecule has 0 aromatic heterocycles. The largest absolute Gasteiger partial charge is 0.399 e. The van der Waals surface area contributed by atoms with E-state index in [2.05, 4.69) is 39.5 Å². The number of nitrogens with zero attached hydrogens (tertiary/aromatic N) is 1.